The summed E-state index contributed by atoms with van der Waals surface area (Å²) in [7, 11) is 3.17. The topological polar surface area (TPSA) is 72.2 Å². The van der Waals surface area contributed by atoms with Gasteiger partial charge in [0.15, 0.2) is 5.43 Å². The largest absolute Gasteiger partial charge is 0.497 e. The molecule has 33 heavy (non-hydrogen) atoms. The molecule has 1 amide bonds. The fourth-order valence-electron chi connectivity index (χ4n) is 4.58. The third kappa shape index (κ3) is 4.09. The minimum absolute atomic E-state index is 0.108. The highest BCUT2D eigenvalue weighted by atomic mass is 16.5. The first-order valence-corrected chi connectivity index (χ1v) is 11.3. The monoisotopic (exact) mass is 450 g/mol. The summed E-state index contributed by atoms with van der Waals surface area (Å²) in [5.41, 5.74) is 1.28. The Hall–Kier alpha value is -3.32. The first kappa shape index (κ1) is 22.9. The third-order valence-corrected chi connectivity index (χ3v) is 6.37. The van der Waals surface area contributed by atoms with Crippen molar-refractivity contribution in [3.05, 3.63) is 69.6 Å². The Morgan fingerprint density at radius 2 is 1.79 bits per heavy atom. The normalized spacial score (nSPS) is 15.4. The number of para-hydroxylation sites is 1. The van der Waals surface area contributed by atoms with Crippen molar-refractivity contribution in [1.82, 2.24) is 9.80 Å². The second-order valence-corrected chi connectivity index (χ2v) is 8.06. The summed E-state index contributed by atoms with van der Waals surface area (Å²) in [6, 6.07) is 11.9. The lowest BCUT2D eigenvalue weighted by atomic mass is 9.97. The fourth-order valence-corrected chi connectivity index (χ4v) is 4.58. The summed E-state index contributed by atoms with van der Waals surface area (Å²) in [5, 5.41) is 0.459. The summed E-state index contributed by atoms with van der Waals surface area (Å²) in [4.78, 5) is 31.2. The number of methoxy groups -OCH3 is 2. The molecule has 2 aromatic carbocycles. The van der Waals surface area contributed by atoms with E-state index in [9.17, 15) is 9.59 Å². The van der Waals surface area contributed by atoms with Gasteiger partial charge in [0.2, 0.25) is 5.76 Å². The quantitative estimate of drug-likeness (QED) is 0.489. The minimum Gasteiger partial charge on any atom is -0.497 e. The molecule has 1 aliphatic rings. The van der Waals surface area contributed by atoms with Crippen molar-refractivity contribution < 1.29 is 18.7 Å². The van der Waals surface area contributed by atoms with E-state index in [2.05, 4.69) is 18.7 Å². The number of carbonyl (C=O) groups excluding carboxylic acids is 1. The van der Waals surface area contributed by atoms with Crippen molar-refractivity contribution in [1.29, 1.82) is 0 Å². The highest BCUT2D eigenvalue weighted by Crippen LogP contribution is 2.42. The van der Waals surface area contributed by atoms with Crippen molar-refractivity contribution in [3.63, 3.8) is 0 Å². The van der Waals surface area contributed by atoms with Crippen LogP contribution in [0, 0.1) is 0 Å². The van der Waals surface area contributed by atoms with Gasteiger partial charge in [-0.05, 0) is 56.4 Å². The molecule has 0 aliphatic carbocycles. The molecular weight excluding hydrogens is 420 g/mol. The Morgan fingerprint density at radius 3 is 2.48 bits per heavy atom. The van der Waals surface area contributed by atoms with Crippen LogP contribution in [0.2, 0.25) is 0 Å². The van der Waals surface area contributed by atoms with Gasteiger partial charge in [-0.15, -0.1) is 0 Å². The number of nitrogens with zero attached hydrogens (tertiary/aromatic N) is 2. The molecule has 0 bridgehead atoms. The molecule has 0 N–H and O–H groups in total. The predicted octanol–water partition coefficient (Wildman–Crippen LogP) is 4.09. The molecule has 2 heterocycles. The lowest BCUT2D eigenvalue weighted by molar-refractivity contribution is 0.0718. The van der Waals surface area contributed by atoms with Crippen molar-refractivity contribution in [3.8, 4) is 11.5 Å². The lowest BCUT2D eigenvalue weighted by Crippen LogP contribution is -2.33. The second-order valence-electron chi connectivity index (χ2n) is 8.06. The molecule has 1 aromatic heterocycles. The highest BCUT2D eigenvalue weighted by Gasteiger charge is 2.43. The van der Waals surface area contributed by atoms with Crippen molar-refractivity contribution in [2.75, 3.05) is 40.4 Å². The first-order valence-electron chi connectivity index (χ1n) is 11.3. The van der Waals surface area contributed by atoms with Crippen LogP contribution in [0.3, 0.4) is 0 Å². The van der Waals surface area contributed by atoms with Gasteiger partial charge in [0.25, 0.3) is 5.91 Å². The SMILES string of the molecule is CCN(CC)CCCN1C(=O)c2oc3ccccc3c(=O)c2[C@H]1c1cc(OC)ccc1OC. The van der Waals surface area contributed by atoms with Gasteiger partial charge in [0.1, 0.15) is 17.1 Å². The average molecular weight is 451 g/mol. The molecule has 4 rings (SSSR count). The van der Waals surface area contributed by atoms with Gasteiger partial charge >= 0.3 is 0 Å². The van der Waals surface area contributed by atoms with Crippen molar-refractivity contribution >= 4 is 16.9 Å². The molecule has 7 nitrogen and oxygen atoms in total. The zero-order valence-corrected chi connectivity index (χ0v) is 19.6. The van der Waals surface area contributed by atoms with Crippen LogP contribution in [0.15, 0.2) is 51.7 Å². The number of carbonyl (C=O) groups is 1. The molecule has 0 spiro atoms. The van der Waals surface area contributed by atoms with Gasteiger partial charge in [0, 0.05) is 12.1 Å². The molecule has 0 fully saturated rings. The van der Waals surface area contributed by atoms with Crippen LogP contribution in [0.25, 0.3) is 11.0 Å². The molecule has 174 valence electrons. The molecule has 0 radical (unpaired) electrons. The van der Waals surface area contributed by atoms with E-state index in [1.165, 1.54) is 0 Å². The van der Waals surface area contributed by atoms with Crippen molar-refractivity contribution in [2.45, 2.75) is 26.3 Å². The zero-order valence-electron chi connectivity index (χ0n) is 19.6. The van der Waals surface area contributed by atoms with E-state index >= 15 is 0 Å². The van der Waals surface area contributed by atoms with Gasteiger partial charge in [0.05, 0.1) is 31.2 Å². The van der Waals surface area contributed by atoms with Gasteiger partial charge in [-0.3, -0.25) is 9.59 Å². The van der Waals surface area contributed by atoms with E-state index in [4.69, 9.17) is 13.9 Å². The number of amides is 1. The Labute approximate surface area is 193 Å². The number of ether oxygens (including phenoxy) is 2. The van der Waals surface area contributed by atoms with Crippen molar-refractivity contribution in [2.24, 2.45) is 0 Å². The van der Waals surface area contributed by atoms with E-state index in [0.29, 0.717) is 40.1 Å². The number of hydrogen-bond donors (Lipinski definition) is 0. The van der Waals surface area contributed by atoms with E-state index in [0.717, 1.165) is 26.1 Å². The maximum Gasteiger partial charge on any atom is 0.290 e. The number of fused-ring (bicyclic) bond motifs is 2. The van der Waals surface area contributed by atoms with Crippen LogP contribution in [-0.2, 0) is 0 Å². The van der Waals surface area contributed by atoms with E-state index < -0.39 is 6.04 Å². The predicted molar refractivity (Wildman–Crippen MR) is 127 cm³/mol. The Morgan fingerprint density at radius 1 is 1.03 bits per heavy atom. The molecule has 0 saturated heterocycles. The summed E-state index contributed by atoms with van der Waals surface area (Å²) in [5.74, 6) is 1.04. The smallest absolute Gasteiger partial charge is 0.290 e. The molecule has 3 aromatic rings. The zero-order chi connectivity index (χ0) is 23.5. The maximum atomic E-state index is 13.6. The summed E-state index contributed by atoms with van der Waals surface area (Å²) in [6.07, 6.45) is 0.776. The standard InChI is InChI=1S/C26H30N2O5/c1-5-27(6-2)14-9-15-28-23(19-16-17(31-3)12-13-20(19)32-4)22-24(29)18-10-7-8-11-21(18)33-25(22)26(28)30/h7-8,10-13,16,23H,5-6,9,14-15H2,1-4H3/t23-/m1/s1. The number of rotatable bonds is 9. The number of hydrogen-bond acceptors (Lipinski definition) is 6. The minimum atomic E-state index is -0.616. The highest BCUT2D eigenvalue weighted by molar-refractivity contribution is 5.99. The summed E-state index contributed by atoms with van der Waals surface area (Å²) >= 11 is 0. The Bertz CT molecular complexity index is 1220. The number of benzene rings is 2. The van der Waals surface area contributed by atoms with Crippen LogP contribution in [0.1, 0.15) is 48.0 Å². The molecule has 0 unspecified atom stereocenters. The maximum absolute atomic E-state index is 13.6. The molecule has 1 aliphatic heterocycles. The average Bonchev–Trinajstić information content (AvgIpc) is 3.13. The molecule has 0 saturated carbocycles. The van der Waals surface area contributed by atoms with Crippen LogP contribution in [0.4, 0.5) is 0 Å². The third-order valence-electron chi connectivity index (χ3n) is 6.37. The summed E-state index contributed by atoms with van der Waals surface area (Å²) in [6.45, 7) is 7.49. The van der Waals surface area contributed by atoms with Crippen LogP contribution in [-0.4, -0.2) is 56.1 Å². The van der Waals surface area contributed by atoms with Gasteiger partial charge < -0.3 is 23.7 Å². The molecule has 7 heteroatoms. The molecule has 1 atom stereocenters. The van der Waals surface area contributed by atoms with E-state index in [1.807, 2.05) is 6.07 Å². The Balaban J connectivity index is 1.86. The van der Waals surface area contributed by atoms with Gasteiger partial charge in [-0.25, -0.2) is 0 Å². The van der Waals surface area contributed by atoms with Crippen LogP contribution >= 0.6 is 0 Å². The van der Waals surface area contributed by atoms with E-state index in [-0.39, 0.29) is 17.1 Å². The Kier molecular flexibility index (Phi) is 6.70. The molecular formula is C26H30N2O5. The van der Waals surface area contributed by atoms with Gasteiger partial charge in [-0.1, -0.05) is 26.0 Å². The van der Waals surface area contributed by atoms with Crippen LogP contribution in [0.5, 0.6) is 11.5 Å². The fraction of sp³-hybridized carbons (Fsp3) is 0.385. The van der Waals surface area contributed by atoms with E-state index in [1.54, 1.807) is 55.5 Å². The van der Waals surface area contributed by atoms with Gasteiger partial charge in [-0.2, -0.15) is 0 Å². The lowest BCUT2D eigenvalue weighted by Gasteiger charge is -2.27. The second kappa shape index (κ2) is 9.67. The van der Waals surface area contributed by atoms with Crippen LogP contribution < -0.4 is 14.9 Å². The first-order chi connectivity index (χ1) is 16.0. The summed E-state index contributed by atoms with van der Waals surface area (Å²) < 4.78 is 17.1.